The number of hydrogen-bond donors (Lipinski definition) is 1. The van der Waals surface area contributed by atoms with Gasteiger partial charge in [0.05, 0.1) is 21.1 Å². The number of rotatable bonds is 4. The van der Waals surface area contributed by atoms with E-state index in [1.165, 1.54) is 18.5 Å². The number of nitriles is 1. The van der Waals surface area contributed by atoms with E-state index in [0.29, 0.717) is 11.0 Å². The number of aromatic amines is 1. The highest BCUT2D eigenvalue weighted by molar-refractivity contribution is 6.37. The van der Waals surface area contributed by atoms with Gasteiger partial charge in [0, 0.05) is 12.2 Å². The highest BCUT2D eigenvalue weighted by Crippen LogP contribution is 2.39. The number of H-pyrrole nitrogens is 1. The topological polar surface area (TPSA) is 131 Å². The van der Waals surface area contributed by atoms with Crippen molar-refractivity contribution in [3.63, 3.8) is 0 Å². The van der Waals surface area contributed by atoms with E-state index < -0.39 is 16.9 Å². The molecule has 3 heterocycles. The Kier molecular flexibility index (Phi) is 5.22. The fraction of sp³-hybridized carbons (Fsp3) is 0.158. The molecule has 156 valence electrons. The molecule has 0 saturated heterocycles. The minimum absolute atomic E-state index is 0.0657. The molecule has 0 saturated carbocycles. The van der Waals surface area contributed by atoms with Crippen LogP contribution in [-0.4, -0.2) is 29.3 Å². The molecule has 0 radical (unpaired) electrons. The van der Waals surface area contributed by atoms with Crippen LogP contribution in [0.1, 0.15) is 25.6 Å². The van der Waals surface area contributed by atoms with Gasteiger partial charge in [-0.1, -0.05) is 23.2 Å². The van der Waals surface area contributed by atoms with Crippen molar-refractivity contribution in [2.75, 3.05) is 0 Å². The Morgan fingerprint density at radius 1 is 1.19 bits per heavy atom. The number of nitrogens with one attached hydrogen (secondary N) is 1. The molecule has 3 aromatic heterocycles. The lowest BCUT2D eigenvalue weighted by Crippen LogP contribution is -2.33. The predicted octanol–water partition coefficient (Wildman–Crippen LogP) is 3.22. The van der Waals surface area contributed by atoms with E-state index in [9.17, 15) is 9.59 Å². The van der Waals surface area contributed by atoms with Crippen LogP contribution in [0.25, 0.3) is 16.7 Å². The molecule has 12 heteroatoms. The van der Waals surface area contributed by atoms with Gasteiger partial charge in [-0.05, 0) is 32.0 Å². The first-order chi connectivity index (χ1) is 14.8. The lowest BCUT2D eigenvalue weighted by Gasteiger charge is -2.12. The molecule has 0 aliphatic heterocycles. The molecular weight excluding hydrogens is 445 g/mol. The molecule has 4 aromatic rings. The van der Waals surface area contributed by atoms with Crippen molar-refractivity contribution in [1.82, 2.24) is 29.3 Å². The van der Waals surface area contributed by atoms with E-state index in [4.69, 9.17) is 33.2 Å². The quantitative estimate of drug-likeness (QED) is 0.497. The van der Waals surface area contributed by atoms with Crippen LogP contribution >= 0.6 is 23.2 Å². The van der Waals surface area contributed by atoms with E-state index in [1.54, 1.807) is 6.07 Å². The molecule has 0 unspecified atom stereocenters. The van der Waals surface area contributed by atoms with Crippen molar-refractivity contribution in [2.45, 2.75) is 19.9 Å². The van der Waals surface area contributed by atoms with Crippen LogP contribution in [0, 0.1) is 11.3 Å². The molecule has 0 aliphatic carbocycles. The van der Waals surface area contributed by atoms with Gasteiger partial charge in [-0.25, -0.2) is 14.8 Å². The number of benzene rings is 1. The molecule has 31 heavy (non-hydrogen) atoms. The van der Waals surface area contributed by atoms with Crippen molar-refractivity contribution in [3.05, 3.63) is 67.3 Å². The summed E-state index contributed by atoms with van der Waals surface area (Å²) in [6.45, 7) is 4.05. The molecular formula is C19H13Cl2N7O3. The summed E-state index contributed by atoms with van der Waals surface area (Å²) in [5, 5.41) is 13.5. The Balaban J connectivity index is 1.78. The predicted molar refractivity (Wildman–Crippen MR) is 113 cm³/mol. The monoisotopic (exact) mass is 457 g/mol. The number of fused-ring (bicyclic) bond motifs is 1. The van der Waals surface area contributed by atoms with Gasteiger partial charge in [0.1, 0.15) is 18.0 Å². The largest absolute Gasteiger partial charge is 0.435 e. The van der Waals surface area contributed by atoms with E-state index in [1.807, 2.05) is 35.7 Å². The fourth-order valence-electron chi connectivity index (χ4n) is 2.96. The van der Waals surface area contributed by atoms with Crippen LogP contribution in [0.4, 0.5) is 0 Å². The summed E-state index contributed by atoms with van der Waals surface area (Å²) in [4.78, 5) is 34.2. The van der Waals surface area contributed by atoms with Crippen molar-refractivity contribution in [1.29, 1.82) is 5.26 Å². The third-order valence-electron chi connectivity index (χ3n) is 4.39. The zero-order valence-corrected chi connectivity index (χ0v) is 17.6. The number of aromatic nitrogens is 6. The van der Waals surface area contributed by atoms with Crippen LogP contribution in [-0.2, 0) is 0 Å². The summed E-state index contributed by atoms with van der Waals surface area (Å²) in [6.07, 6.45) is 3.25. The van der Waals surface area contributed by atoms with E-state index in [-0.39, 0.29) is 33.4 Å². The normalized spacial score (nSPS) is 11.1. The molecule has 0 aliphatic rings. The molecule has 1 aromatic carbocycles. The number of hydrogen-bond acceptors (Lipinski definition) is 7. The second-order valence-corrected chi connectivity index (χ2v) is 7.52. The van der Waals surface area contributed by atoms with Crippen molar-refractivity contribution in [2.24, 2.45) is 0 Å². The molecule has 0 fully saturated rings. The van der Waals surface area contributed by atoms with Crippen LogP contribution in [0.2, 0.25) is 10.0 Å². The first-order valence-electron chi connectivity index (χ1n) is 8.92. The third kappa shape index (κ3) is 3.65. The van der Waals surface area contributed by atoms with Crippen LogP contribution in [0.15, 0.2) is 40.3 Å². The second-order valence-electron chi connectivity index (χ2n) is 6.70. The third-order valence-corrected chi connectivity index (χ3v) is 4.95. The maximum atomic E-state index is 12.1. The van der Waals surface area contributed by atoms with E-state index in [0.717, 1.165) is 4.68 Å². The summed E-state index contributed by atoms with van der Waals surface area (Å²) in [7, 11) is 0. The molecule has 0 spiro atoms. The van der Waals surface area contributed by atoms with Crippen molar-refractivity contribution in [3.8, 4) is 23.4 Å². The average Bonchev–Trinajstić information content (AvgIpc) is 3.16. The van der Waals surface area contributed by atoms with E-state index in [2.05, 4.69) is 15.1 Å². The van der Waals surface area contributed by atoms with Gasteiger partial charge in [0.25, 0.3) is 5.56 Å². The molecule has 4 rings (SSSR count). The Morgan fingerprint density at radius 3 is 2.55 bits per heavy atom. The van der Waals surface area contributed by atoms with Crippen molar-refractivity contribution >= 4 is 34.2 Å². The van der Waals surface area contributed by atoms with Gasteiger partial charge in [0.2, 0.25) is 11.6 Å². The standard InChI is InChI=1S/C19H13Cl2N7O3/c1-9(2)27-4-3-11-16(27)23-8-24-18(11)31-15-12(20)5-10(6-13(15)21)28-19(30)25-17(29)14(7-22)26-28/h3-6,8-9H,1-2H3,(H,25,29,30). The summed E-state index contributed by atoms with van der Waals surface area (Å²) in [6, 6.07) is 6.37. The minimum Gasteiger partial charge on any atom is -0.435 e. The molecule has 0 atom stereocenters. The van der Waals surface area contributed by atoms with E-state index >= 15 is 0 Å². The molecule has 1 N–H and O–H groups in total. The maximum Gasteiger partial charge on any atom is 0.349 e. The Hall–Kier alpha value is -3.68. The smallest absolute Gasteiger partial charge is 0.349 e. The zero-order chi connectivity index (χ0) is 22.3. The van der Waals surface area contributed by atoms with Gasteiger partial charge in [0.15, 0.2) is 5.75 Å². The van der Waals surface area contributed by atoms with Crippen LogP contribution in [0.3, 0.4) is 0 Å². The van der Waals surface area contributed by atoms with Gasteiger partial charge in [-0.15, -0.1) is 5.10 Å². The lowest BCUT2D eigenvalue weighted by atomic mass is 10.3. The number of halogens is 2. The minimum atomic E-state index is -0.887. The first kappa shape index (κ1) is 20.6. The second kappa shape index (κ2) is 7.86. The van der Waals surface area contributed by atoms with Crippen LogP contribution < -0.4 is 16.0 Å². The Bertz CT molecular complexity index is 1460. The van der Waals surface area contributed by atoms with Crippen LogP contribution in [0.5, 0.6) is 11.6 Å². The fourth-order valence-corrected chi connectivity index (χ4v) is 3.51. The first-order valence-corrected chi connectivity index (χ1v) is 9.68. The van der Waals surface area contributed by atoms with Gasteiger partial charge in [-0.3, -0.25) is 9.78 Å². The summed E-state index contributed by atoms with van der Waals surface area (Å²) in [5.41, 5.74) is -1.39. The Morgan fingerprint density at radius 2 is 1.90 bits per heavy atom. The molecule has 0 bridgehead atoms. The summed E-state index contributed by atoms with van der Waals surface area (Å²) < 4.78 is 8.67. The van der Waals surface area contributed by atoms with Gasteiger partial charge in [-0.2, -0.15) is 9.94 Å². The highest BCUT2D eigenvalue weighted by atomic mass is 35.5. The number of ether oxygens (including phenoxy) is 1. The summed E-state index contributed by atoms with van der Waals surface area (Å²) in [5.74, 6) is 0.370. The number of nitrogens with zero attached hydrogens (tertiary/aromatic N) is 6. The zero-order valence-electron chi connectivity index (χ0n) is 16.1. The van der Waals surface area contributed by atoms with Gasteiger partial charge < -0.3 is 9.30 Å². The summed E-state index contributed by atoms with van der Waals surface area (Å²) >= 11 is 12.7. The SMILES string of the molecule is CC(C)n1ccc2c(Oc3c(Cl)cc(-n4nc(C#N)c(=O)[nH]c4=O)cc3Cl)ncnc21. The van der Waals surface area contributed by atoms with Gasteiger partial charge >= 0.3 is 5.69 Å². The highest BCUT2D eigenvalue weighted by Gasteiger charge is 2.18. The maximum absolute atomic E-state index is 12.1. The molecule has 0 amide bonds. The lowest BCUT2D eigenvalue weighted by molar-refractivity contribution is 0.468. The van der Waals surface area contributed by atoms with Crippen molar-refractivity contribution < 1.29 is 4.74 Å². The molecule has 10 nitrogen and oxygen atoms in total. The Labute approximate surface area is 184 Å². The average molecular weight is 458 g/mol.